The maximum Gasteiger partial charge on any atom is 0.343 e. The quantitative estimate of drug-likeness (QED) is 0.772. The Morgan fingerprint density at radius 3 is 2.67 bits per heavy atom. The highest BCUT2D eigenvalue weighted by Gasteiger charge is 2.32. The molecule has 1 aliphatic heterocycles. The summed E-state index contributed by atoms with van der Waals surface area (Å²) in [5.74, 6) is -0.819. The van der Waals surface area contributed by atoms with Gasteiger partial charge >= 0.3 is 5.97 Å². The summed E-state index contributed by atoms with van der Waals surface area (Å²) in [6, 6.07) is 1.66. The van der Waals surface area contributed by atoms with E-state index in [1.807, 2.05) is 24.0 Å². The van der Waals surface area contributed by atoms with E-state index in [1.165, 1.54) is 10.6 Å². The van der Waals surface area contributed by atoms with Crippen LogP contribution in [0.5, 0.6) is 0 Å². The third-order valence-electron chi connectivity index (χ3n) is 5.48. The van der Waals surface area contributed by atoms with Gasteiger partial charge in [-0.15, -0.1) is 0 Å². The fourth-order valence-corrected chi connectivity index (χ4v) is 4.04. The average molecular weight is 373 g/mol. The number of ether oxygens (including phenoxy) is 1. The lowest BCUT2D eigenvalue weighted by Gasteiger charge is -2.29. The van der Waals surface area contributed by atoms with E-state index >= 15 is 4.39 Å². The number of nitrogens with zero attached hydrogens (tertiary/aromatic N) is 3. The Hall–Kier alpha value is -2.41. The van der Waals surface area contributed by atoms with Crippen LogP contribution >= 0.6 is 0 Å². The molecule has 2 aromatic heterocycles. The van der Waals surface area contributed by atoms with E-state index < -0.39 is 17.3 Å². The molecule has 0 spiro atoms. The smallest absolute Gasteiger partial charge is 0.343 e. The molecule has 27 heavy (non-hydrogen) atoms. The van der Waals surface area contributed by atoms with Crippen LogP contribution in [0.3, 0.4) is 0 Å². The number of halogens is 1. The SMILES string of the molecule is CCOC(=O)c1cc(C2CC2)c2c(C)c(N3CCCN3C)c(F)cn2c1=O. The van der Waals surface area contributed by atoms with E-state index in [0.717, 1.165) is 43.5 Å². The maximum absolute atomic E-state index is 15.1. The Balaban J connectivity index is 2.00. The van der Waals surface area contributed by atoms with Crippen molar-refractivity contribution in [3.63, 3.8) is 0 Å². The number of aryl methyl sites for hydroxylation is 1. The Morgan fingerprint density at radius 1 is 1.33 bits per heavy atom. The summed E-state index contributed by atoms with van der Waals surface area (Å²) in [7, 11) is 1.94. The zero-order chi connectivity index (χ0) is 19.3. The van der Waals surface area contributed by atoms with Gasteiger partial charge in [-0.25, -0.2) is 14.2 Å². The van der Waals surface area contributed by atoms with Crippen molar-refractivity contribution in [2.75, 3.05) is 31.8 Å². The summed E-state index contributed by atoms with van der Waals surface area (Å²) < 4.78 is 21.4. The van der Waals surface area contributed by atoms with E-state index in [1.54, 1.807) is 13.0 Å². The topological polar surface area (TPSA) is 54.3 Å². The van der Waals surface area contributed by atoms with E-state index in [-0.39, 0.29) is 12.2 Å². The van der Waals surface area contributed by atoms with Gasteiger partial charge in [-0.2, -0.15) is 0 Å². The number of hydrazine groups is 1. The van der Waals surface area contributed by atoms with Crippen LogP contribution in [0.15, 0.2) is 17.1 Å². The minimum absolute atomic E-state index is 0.0268. The van der Waals surface area contributed by atoms with Gasteiger partial charge < -0.3 is 9.75 Å². The van der Waals surface area contributed by atoms with Crippen molar-refractivity contribution < 1.29 is 13.9 Å². The molecule has 7 heteroatoms. The summed E-state index contributed by atoms with van der Waals surface area (Å²) in [4.78, 5) is 25.2. The molecule has 6 nitrogen and oxygen atoms in total. The van der Waals surface area contributed by atoms with Crippen LogP contribution in [-0.2, 0) is 4.74 Å². The molecule has 1 aliphatic carbocycles. The molecule has 1 saturated heterocycles. The first kappa shape index (κ1) is 18.0. The Morgan fingerprint density at radius 2 is 2.07 bits per heavy atom. The van der Waals surface area contributed by atoms with Gasteiger partial charge in [0.15, 0.2) is 5.82 Å². The lowest BCUT2D eigenvalue weighted by Crippen LogP contribution is -2.35. The van der Waals surface area contributed by atoms with Crippen molar-refractivity contribution in [3.05, 3.63) is 45.1 Å². The van der Waals surface area contributed by atoms with Gasteiger partial charge in [0.2, 0.25) is 0 Å². The van der Waals surface area contributed by atoms with Gasteiger partial charge in [0, 0.05) is 25.7 Å². The van der Waals surface area contributed by atoms with Gasteiger partial charge in [-0.05, 0) is 50.7 Å². The highest BCUT2D eigenvalue weighted by molar-refractivity contribution is 5.90. The standard InChI is InChI=1S/C20H24FN3O3/c1-4-27-20(26)15-10-14(13-6-7-13)17-12(2)18(24-9-5-8-22(24)3)16(21)11-23(17)19(15)25/h10-11,13H,4-9H2,1-3H3. The fraction of sp³-hybridized carbons (Fsp3) is 0.500. The number of rotatable bonds is 4. The van der Waals surface area contributed by atoms with Crippen LogP contribution in [0, 0.1) is 12.7 Å². The molecule has 0 atom stereocenters. The molecule has 1 saturated carbocycles. The molecule has 0 unspecified atom stereocenters. The number of hydrogen-bond acceptors (Lipinski definition) is 5. The first-order chi connectivity index (χ1) is 12.9. The molecular formula is C20H24FN3O3. The Kier molecular flexibility index (Phi) is 4.42. The van der Waals surface area contributed by atoms with Crippen LogP contribution in [0.2, 0.25) is 0 Å². The molecule has 0 aromatic carbocycles. The molecule has 2 aliphatic rings. The summed E-state index contributed by atoms with van der Waals surface area (Å²) in [6.45, 7) is 5.35. The molecule has 0 bridgehead atoms. The molecule has 0 amide bonds. The van der Waals surface area contributed by atoms with Gasteiger partial charge in [0.1, 0.15) is 5.56 Å². The molecule has 0 N–H and O–H groups in total. The number of carbonyl (C=O) groups is 1. The van der Waals surface area contributed by atoms with Crippen LogP contribution in [-0.4, -0.2) is 42.1 Å². The number of pyridine rings is 2. The molecule has 3 heterocycles. The third-order valence-corrected chi connectivity index (χ3v) is 5.48. The molecule has 2 aromatic rings. The summed E-state index contributed by atoms with van der Waals surface area (Å²) in [6.07, 6.45) is 4.20. The highest BCUT2D eigenvalue weighted by Crippen LogP contribution is 2.44. The van der Waals surface area contributed by atoms with Crippen molar-refractivity contribution in [3.8, 4) is 0 Å². The number of anilines is 1. The predicted octanol–water partition coefficient (Wildman–Crippen LogP) is 2.86. The van der Waals surface area contributed by atoms with Gasteiger partial charge in [-0.1, -0.05) is 0 Å². The zero-order valence-corrected chi connectivity index (χ0v) is 15.9. The Labute approximate surface area is 157 Å². The minimum atomic E-state index is -0.653. The summed E-state index contributed by atoms with van der Waals surface area (Å²) >= 11 is 0. The second-order valence-electron chi connectivity index (χ2n) is 7.34. The number of fused-ring (bicyclic) bond motifs is 1. The highest BCUT2D eigenvalue weighted by atomic mass is 19.1. The summed E-state index contributed by atoms with van der Waals surface area (Å²) in [5, 5.41) is 3.94. The Bertz CT molecular complexity index is 981. The summed E-state index contributed by atoms with van der Waals surface area (Å²) in [5.41, 5.74) is 2.33. The second-order valence-corrected chi connectivity index (χ2v) is 7.34. The van der Waals surface area contributed by atoms with Crippen molar-refractivity contribution in [1.29, 1.82) is 0 Å². The molecule has 4 rings (SSSR count). The van der Waals surface area contributed by atoms with Gasteiger partial charge in [0.05, 0.1) is 24.0 Å². The largest absolute Gasteiger partial charge is 0.462 e. The number of esters is 1. The molecule has 144 valence electrons. The third kappa shape index (κ3) is 2.90. The van der Waals surface area contributed by atoms with Crippen molar-refractivity contribution in [2.24, 2.45) is 0 Å². The zero-order valence-electron chi connectivity index (χ0n) is 15.9. The van der Waals surface area contributed by atoms with E-state index in [9.17, 15) is 9.59 Å². The van der Waals surface area contributed by atoms with Gasteiger partial charge in [-0.3, -0.25) is 9.20 Å². The molecule has 0 radical (unpaired) electrons. The first-order valence-corrected chi connectivity index (χ1v) is 9.48. The van der Waals surface area contributed by atoms with Crippen LogP contribution < -0.4 is 10.6 Å². The number of aromatic nitrogens is 1. The maximum atomic E-state index is 15.1. The molecular weight excluding hydrogens is 349 g/mol. The van der Waals surface area contributed by atoms with Crippen molar-refractivity contribution >= 4 is 17.2 Å². The van der Waals surface area contributed by atoms with E-state index in [2.05, 4.69) is 0 Å². The fourth-order valence-electron chi connectivity index (χ4n) is 4.04. The van der Waals surface area contributed by atoms with Crippen molar-refractivity contribution in [1.82, 2.24) is 9.41 Å². The predicted molar refractivity (Wildman–Crippen MR) is 101 cm³/mol. The van der Waals surface area contributed by atoms with Crippen molar-refractivity contribution in [2.45, 2.75) is 39.0 Å². The lowest BCUT2D eigenvalue weighted by atomic mass is 10.0. The number of hydrogen-bond donors (Lipinski definition) is 0. The van der Waals surface area contributed by atoms with E-state index in [0.29, 0.717) is 17.1 Å². The molecule has 2 fully saturated rings. The monoisotopic (exact) mass is 373 g/mol. The lowest BCUT2D eigenvalue weighted by molar-refractivity contribution is 0.0524. The van der Waals surface area contributed by atoms with E-state index in [4.69, 9.17) is 4.74 Å². The minimum Gasteiger partial charge on any atom is -0.462 e. The van der Waals surface area contributed by atoms with Gasteiger partial charge in [0.25, 0.3) is 5.56 Å². The van der Waals surface area contributed by atoms with Crippen LogP contribution in [0.25, 0.3) is 5.52 Å². The normalized spacial score (nSPS) is 17.7. The van der Waals surface area contributed by atoms with Crippen LogP contribution in [0.4, 0.5) is 10.1 Å². The number of carbonyl (C=O) groups excluding carboxylic acids is 1. The van der Waals surface area contributed by atoms with Crippen LogP contribution in [0.1, 0.15) is 53.6 Å². The first-order valence-electron chi connectivity index (χ1n) is 9.48. The average Bonchev–Trinajstić information content (AvgIpc) is 3.39. The second kappa shape index (κ2) is 6.64.